The lowest BCUT2D eigenvalue weighted by Crippen LogP contribution is -2.15. The summed E-state index contributed by atoms with van der Waals surface area (Å²) in [5, 5.41) is 2.47. The Hall–Kier alpha value is -1.54. The van der Waals surface area contributed by atoms with Gasteiger partial charge in [0.05, 0.1) is 7.11 Å². The van der Waals surface area contributed by atoms with Crippen LogP contribution >= 0.6 is 0 Å². The Bertz CT molecular complexity index is 505. The van der Waals surface area contributed by atoms with E-state index in [1.54, 1.807) is 7.11 Å². The number of hydrogen-bond acceptors (Lipinski definition) is 2. The third-order valence-corrected chi connectivity index (χ3v) is 3.00. The highest BCUT2D eigenvalue weighted by Gasteiger charge is 2.00. The molecule has 0 saturated carbocycles. The first-order chi connectivity index (χ1) is 8.19. The molecule has 0 aliphatic rings. The molecule has 0 bridgehead atoms. The lowest BCUT2D eigenvalue weighted by molar-refractivity contribution is 0.415. The summed E-state index contributed by atoms with van der Waals surface area (Å²) in [4.78, 5) is 0. The molecule has 0 heterocycles. The summed E-state index contributed by atoms with van der Waals surface area (Å²) >= 11 is 0. The Morgan fingerprint density at radius 3 is 2.53 bits per heavy atom. The van der Waals surface area contributed by atoms with Gasteiger partial charge >= 0.3 is 0 Å². The molecule has 2 heteroatoms. The average Bonchev–Trinajstić information content (AvgIpc) is 2.35. The van der Waals surface area contributed by atoms with E-state index in [-0.39, 0.29) is 6.04 Å². The van der Waals surface area contributed by atoms with Gasteiger partial charge in [0.25, 0.3) is 0 Å². The predicted molar refractivity (Wildman–Crippen MR) is 72.5 cm³/mol. The maximum atomic E-state index is 5.77. The summed E-state index contributed by atoms with van der Waals surface area (Å²) in [7, 11) is 1.69. The van der Waals surface area contributed by atoms with E-state index in [1.807, 2.05) is 13.0 Å². The highest BCUT2D eigenvalue weighted by atomic mass is 16.5. The molecule has 17 heavy (non-hydrogen) atoms. The van der Waals surface area contributed by atoms with Crippen LogP contribution < -0.4 is 10.5 Å². The molecule has 1 unspecified atom stereocenters. The van der Waals surface area contributed by atoms with Crippen LogP contribution in [0.4, 0.5) is 0 Å². The second kappa shape index (κ2) is 5.19. The summed E-state index contributed by atoms with van der Waals surface area (Å²) < 4.78 is 5.21. The minimum absolute atomic E-state index is 0.265. The van der Waals surface area contributed by atoms with Gasteiger partial charge < -0.3 is 10.5 Å². The molecule has 2 N–H and O–H groups in total. The quantitative estimate of drug-likeness (QED) is 0.874. The molecule has 0 aromatic heterocycles. The number of rotatable bonds is 4. The molecule has 2 rings (SSSR count). The van der Waals surface area contributed by atoms with Crippen LogP contribution in [-0.4, -0.2) is 13.2 Å². The standard InChI is InChI=1S/C15H19NO/c1-11(16)3-4-12-5-6-14-10-15(17-2)8-7-13(14)9-12/h5-11H,3-4,16H2,1-2H3. The summed E-state index contributed by atoms with van der Waals surface area (Å²) in [6.45, 7) is 2.05. The molecule has 0 saturated heterocycles. The SMILES string of the molecule is COc1ccc2cc(CCC(C)N)ccc2c1. The molecule has 0 radical (unpaired) electrons. The minimum Gasteiger partial charge on any atom is -0.497 e. The van der Waals surface area contributed by atoms with E-state index in [0.29, 0.717) is 0 Å². The fourth-order valence-corrected chi connectivity index (χ4v) is 1.95. The third kappa shape index (κ3) is 2.98. The summed E-state index contributed by atoms with van der Waals surface area (Å²) in [5.74, 6) is 0.904. The first-order valence-electron chi connectivity index (χ1n) is 6.01. The van der Waals surface area contributed by atoms with Gasteiger partial charge in [0.15, 0.2) is 0 Å². The topological polar surface area (TPSA) is 35.2 Å². The van der Waals surface area contributed by atoms with Crippen molar-refractivity contribution in [3.8, 4) is 5.75 Å². The zero-order valence-electron chi connectivity index (χ0n) is 10.4. The van der Waals surface area contributed by atoms with Gasteiger partial charge in [-0.1, -0.05) is 24.3 Å². The second-order valence-corrected chi connectivity index (χ2v) is 4.56. The van der Waals surface area contributed by atoms with Crippen molar-refractivity contribution in [1.82, 2.24) is 0 Å². The molecular formula is C15H19NO. The van der Waals surface area contributed by atoms with Crippen LogP contribution in [0.1, 0.15) is 18.9 Å². The Balaban J connectivity index is 2.25. The number of ether oxygens (including phenoxy) is 1. The second-order valence-electron chi connectivity index (χ2n) is 4.56. The molecule has 90 valence electrons. The van der Waals surface area contributed by atoms with Crippen molar-refractivity contribution in [2.75, 3.05) is 7.11 Å². The maximum absolute atomic E-state index is 5.77. The van der Waals surface area contributed by atoms with E-state index < -0.39 is 0 Å². The van der Waals surface area contributed by atoms with Crippen molar-refractivity contribution < 1.29 is 4.74 Å². The summed E-state index contributed by atoms with van der Waals surface area (Å²) in [6, 6.07) is 13.0. The number of aryl methyl sites for hydroxylation is 1. The number of hydrogen-bond donors (Lipinski definition) is 1. The normalized spacial score (nSPS) is 12.6. The molecule has 0 aliphatic heterocycles. The zero-order chi connectivity index (χ0) is 12.3. The zero-order valence-corrected chi connectivity index (χ0v) is 10.4. The Morgan fingerprint density at radius 2 is 1.82 bits per heavy atom. The monoisotopic (exact) mass is 229 g/mol. The summed E-state index contributed by atoms with van der Waals surface area (Å²) in [6.07, 6.45) is 2.07. The van der Waals surface area contributed by atoms with Crippen molar-refractivity contribution in [3.05, 3.63) is 42.0 Å². The van der Waals surface area contributed by atoms with Gasteiger partial charge in [0.1, 0.15) is 5.75 Å². The van der Waals surface area contributed by atoms with Gasteiger partial charge in [-0.15, -0.1) is 0 Å². The Kier molecular flexibility index (Phi) is 3.64. The first kappa shape index (κ1) is 11.9. The number of methoxy groups -OCH3 is 1. The lowest BCUT2D eigenvalue weighted by atomic mass is 10.0. The molecule has 2 nitrogen and oxygen atoms in total. The predicted octanol–water partition coefficient (Wildman–Crippen LogP) is 3.13. The fraction of sp³-hybridized carbons (Fsp3) is 0.333. The van der Waals surface area contributed by atoms with E-state index in [2.05, 4.69) is 30.3 Å². The average molecular weight is 229 g/mol. The van der Waals surface area contributed by atoms with Crippen molar-refractivity contribution in [2.45, 2.75) is 25.8 Å². The molecule has 2 aromatic carbocycles. The van der Waals surface area contributed by atoms with Crippen molar-refractivity contribution >= 4 is 10.8 Å². The number of nitrogens with two attached hydrogens (primary N) is 1. The molecule has 1 atom stereocenters. The van der Waals surface area contributed by atoms with Gasteiger partial charge in [-0.05, 0) is 48.2 Å². The van der Waals surface area contributed by atoms with Gasteiger partial charge in [0, 0.05) is 6.04 Å². The van der Waals surface area contributed by atoms with Gasteiger partial charge in [-0.3, -0.25) is 0 Å². The van der Waals surface area contributed by atoms with Crippen LogP contribution in [0.15, 0.2) is 36.4 Å². The molecule has 0 fully saturated rings. The van der Waals surface area contributed by atoms with Crippen LogP contribution in [0.25, 0.3) is 10.8 Å². The van der Waals surface area contributed by atoms with Crippen LogP contribution in [0, 0.1) is 0 Å². The molecule has 0 aliphatic carbocycles. The van der Waals surface area contributed by atoms with Crippen molar-refractivity contribution in [2.24, 2.45) is 5.73 Å². The van der Waals surface area contributed by atoms with Crippen LogP contribution in [0.5, 0.6) is 5.75 Å². The largest absolute Gasteiger partial charge is 0.497 e. The molecule has 0 amide bonds. The lowest BCUT2D eigenvalue weighted by Gasteiger charge is -2.07. The van der Waals surface area contributed by atoms with E-state index in [9.17, 15) is 0 Å². The van der Waals surface area contributed by atoms with Crippen LogP contribution in [0.3, 0.4) is 0 Å². The van der Waals surface area contributed by atoms with E-state index >= 15 is 0 Å². The smallest absolute Gasteiger partial charge is 0.119 e. The van der Waals surface area contributed by atoms with E-state index in [1.165, 1.54) is 16.3 Å². The fourth-order valence-electron chi connectivity index (χ4n) is 1.95. The minimum atomic E-state index is 0.265. The van der Waals surface area contributed by atoms with Gasteiger partial charge in [-0.25, -0.2) is 0 Å². The highest BCUT2D eigenvalue weighted by molar-refractivity contribution is 5.84. The Labute approximate surface area is 102 Å². The third-order valence-electron chi connectivity index (χ3n) is 3.00. The van der Waals surface area contributed by atoms with Crippen LogP contribution in [0.2, 0.25) is 0 Å². The molecule has 0 spiro atoms. The number of fused-ring (bicyclic) bond motifs is 1. The van der Waals surface area contributed by atoms with E-state index in [4.69, 9.17) is 10.5 Å². The molecular weight excluding hydrogens is 210 g/mol. The molecule has 2 aromatic rings. The summed E-state index contributed by atoms with van der Waals surface area (Å²) in [5.41, 5.74) is 7.12. The van der Waals surface area contributed by atoms with Gasteiger partial charge in [0.2, 0.25) is 0 Å². The first-order valence-corrected chi connectivity index (χ1v) is 6.01. The van der Waals surface area contributed by atoms with Crippen molar-refractivity contribution in [1.29, 1.82) is 0 Å². The number of benzene rings is 2. The van der Waals surface area contributed by atoms with Gasteiger partial charge in [-0.2, -0.15) is 0 Å². The van der Waals surface area contributed by atoms with Crippen LogP contribution in [-0.2, 0) is 6.42 Å². The maximum Gasteiger partial charge on any atom is 0.119 e. The van der Waals surface area contributed by atoms with Crippen molar-refractivity contribution in [3.63, 3.8) is 0 Å². The Morgan fingerprint density at radius 1 is 1.12 bits per heavy atom. The van der Waals surface area contributed by atoms with E-state index in [0.717, 1.165) is 18.6 Å². The highest BCUT2D eigenvalue weighted by Crippen LogP contribution is 2.22.